The fourth-order valence-electron chi connectivity index (χ4n) is 2.95. The lowest BCUT2D eigenvalue weighted by atomic mass is 10.2. The minimum absolute atomic E-state index is 0.0663. The lowest BCUT2D eigenvalue weighted by Gasteiger charge is -2.40. The number of fused-ring (bicyclic) bond motifs is 1. The number of benzene rings is 2. The van der Waals surface area contributed by atoms with E-state index in [-0.39, 0.29) is 25.3 Å². The van der Waals surface area contributed by atoms with Gasteiger partial charge in [0.25, 0.3) is 0 Å². The molecule has 0 saturated carbocycles. The number of nitrogens with zero attached hydrogens (tertiary/aromatic N) is 2. The van der Waals surface area contributed by atoms with Crippen LogP contribution in [0.25, 0.3) is 0 Å². The normalized spacial score (nSPS) is 17.2. The Morgan fingerprint density at radius 1 is 1.15 bits per heavy atom. The summed E-state index contributed by atoms with van der Waals surface area (Å²) in [6, 6.07) is 5.32. The van der Waals surface area contributed by atoms with E-state index in [2.05, 4.69) is 0 Å². The highest BCUT2D eigenvalue weighted by Gasteiger charge is 2.28. The Morgan fingerprint density at radius 2 is 1.85 bits per heavy atom. The second-order valence-corrected chi connectivity index (χ2v) is 7.95. The van der Waals surface area contributed by atoms with Crippen molar-refractivity contribution in [3.05, 3.63) is 59.2 Å². The summed E-state index contributed by atoms with van der Waals surface area (Å²) in [5.74, 6) is -4.91. The molecule has 1 aliphatic rings. The van der Waals surface area contributed by atoms with Crippen molar-refractivity contribution in [2.45, 2.75) is 18.4 Å². The van der Waals surface area contributed by atoms with Gasteiger partial charge in [-0.2, -0.15) is 0 Å². The maximum Gasteiger partial charge on any atom is 0.323 e. The van der Waals surface area contributed by atoms with Crippen molar-refractivity contribution in [2.24, 2.45) is 0 Å². The van der Waals surface area contributed by atoms with E-state index in [4.69, 9.17) is 5.11 Å². The first-order valence-corrected chi connectivity index (χ1v) is 9.22. The molecule has 1 N–H and O–H groups in total. The van der Waals surface area contributed by atoms with Crippen LogP contribution in [0.4, 0.5) is 23.2 Å². The lowest BCUT2D eigenvalue weighted by Crippen LogP contribution is -2.41. The van der Waals surface area contributed by atoms with Crippen molar-refractivity contribution < 1.29 is 27.5 Å². The summed E-state index contributed by atoms with van der Waals surface area (Å²) >= 11 is 0. The number of hydrogen-bond donors (Lipinski definition) is 1. The van der Waals surface area contributed by atoms with Gasteiger partial charge < -0.3 is 10.0 Å². The molecule has 27 heavy (non-hydrogen) atoms. The van der Waals surface area contributed by atoms with Gasteiger partial charge in [0.05, 0.1) is 12.4 Å². The number of hydrogen-bond acceptors (Lipinski definition) is 3. The van der Waals surface area contributed by atoms with Crippen molar-refractivity contribution in [3.63, 3.8) is 0 Å². The third kappa shape index (κ3) is 3.98. The molecule has 0 saturated heterocycles. The van der Waals surface area contributed by atoms with E-state index in [1.54, 1.807) is 16.6 Å². The van der Waals surface area contributed by atoms with Crippen LogP contribution in [0.1, 0.15) is 12.5 Å². The summed E-state index contributed by atoms with van der Waals surface area (Å²) in [6.07, 6.45) is 0. The number of carbonyl (C=O) groups is 1. The molecule has 0 spiro atoms. The quantitative estimate of drug-likeness (QED) is 0.479. The van der Waals surface area contributed by atoms with Crippen molar-refractivity contribution >= 4 is 27.7 Å². The highest BCUT2D eigenvalue weighted by Crippen LogP contribution is 2.43. The molecule has 1 aliphatic heterocycles. The number of carboxylic acids is 1. The molecule has 2 aromatic rings. The molecule has 1 atom stereocenters. The lowest BCUT2D eigenvalue weighted by molar-refractivity contribution is -0.135. The maximum atomic E-state index is 14.1. The second kappa shape index (κ2) is 7.69. The van der Waals surface area contributed by atoms with Crippen molar-refractivity contribution in [2.75, 3.05) is 18.1 Å². The third-order valence-electron chi connectivity index (χ3n) is 4.08. The molecule has 2 aromatic carbocycles. The van der Waals surface area contributed by atoms with E-state index in [1.165, 1.54) is 23.1 Å². The van der Waals surface area contributed by atoms with E-state index < -0.39 is 39.9 Å². The molecule has 0 aromatic heterocycles. The first kappa shape index (κ1) is 19.4. The average molecular weight is 400 g/mol. The Kier molecular flexibility index (Phi) is 5.52. The van der Waals surface area contributed by atoms with Crippen LogP contribution in [0.5, 0.6) is 0 Å². The van der Waals surface area contributed by atoms with Crippen LogP contribution in [0.2, 0.25) is 0 Å². The summed E-state index contributed by atoms with van der Waals surface area (Å²) in [4.78, 5) is 13.3. The van der Waals surface area contributed by atoms with Crippen LogP contribution in [0.3, 0.4) is 0 Å². The number of carboxylic acid groups (broad SMARTS) is 1. The summed E-state index contributed by atoms with van der Waals surface area (Å²) in [7, 11) is -0.780. The summed E-state index contributed by atoms with van der Waals surface area (Å²) < 4.78 is 56.3. The summed E-state index contributed by atoms with van der Waals surface area (Å²) in [5, 5.41) is 11.0. The smallest absolute Gasteiger partial charge is 0.323 e. The van der Waals surface area contributed by atoms with Crippen molar-refractivity contribution in [1.82, 2.24) is 4.31 Å². The molecule has 4 nitrogen and oxygen atoms in total. The molecular formula is C18H16F4N2O2S. The molecule has 0 amide bonds. The zero-order chi connectivity index (χ0) is 19.7. The Morgan fingerprint density at radius 3 is 2.52 bits per heavy atom. The minimum atomic E-state index is -1.28. The van der Waals surface area contributed by atoms with Gasteiger partial charge in [-0.1, -0.05) is 10.7 Å². The predicted molar refractivity (Wildman–Crippen MR) is 95.7 cm³/mol. The molecule has 1 heterocycles. The number of rotatable bonds is 4. The summed E-state index contributed by atoms with van der Waals surface area (Å²) in [5.41, 5.74) is 0.505. The number of aliphatic carboxylic acids is 1. The van der Waals surface area contributed by atoms with Crippen LogP contribution in [0, 0.1) is 23.3 Å². The molecule has 0 radical (unpaired) electrons. The molecular weight excluding hydrogens is 384 g/mol. The van der Waals surface area contributed by atoms with Gasteiger partial charge in [-0.3, -0.25) is 4.79 Å². The summed E-state index contributed by atoms with van der Waals surface area (Å²) in [6.45, 7) is 1.43. The van der Waals surface area contributed by atoms with Crippen LogP contribution >= 0.6 is 10.7 Å². The van der Waals surface area contributed by atoms with Crippen LogP contribution in [-0.4, -0.2) is 34.0 Å². The molecule has 3 rings (SSSR count). The van der Waals surface area contributed by atoms with Gasteiger partial charge in [-0.25, -0.2) is 21.9 Å². The van der Waals surface area contributed by atoms with E-state index in [0.29, 0.717) is 16.6 Å². The van der Waals surface area contributed by atoms with Crippen LogP contribution in [-0.2, 0) is 11.3 Å². The minimum Gasteiger partial charge on any atom is -0.480 e. The monoisotopic (exact) mass is 400 g/mol. The van der Waals surface area contributed by atoms with E-state index >= 15 is 0 Å². The standard InChI is InChI=1S/C18H16F4N2O2S/c1-2-27-17-6-12(19)3-4-16(17)23(9-18(25)26)10-24(27)8-11-5-14(21)15(22)7-13(11)20/h2-7H,8-10H2,1H3,(H,25,26). The Balaban J connectivity index is 2.03. The highest BCUT2D eigenvalue weighted by atomic mass is 32.2. The molecule has 144 valence electrons. The second-order valence-electron chi connectivity index (χ2n) is 5.89. The average Bonchev–Trinajstić information content (AvgIpc) is 2.59. The fourth-order valence-corrected chi connectivity index (χ4v) is 4.97. The molecule has 1 unspecified atom stereocenters. The zero-order valence-electron chi connectivity index (χ0n) is 14.3. The third-order valence-corrected chi connectivity index (χ3v) is 6.10. The van der Waals surface area contributed by atoms with Gasteiger partial charge in [0.1, 0.15) is 18.2 Å². The largest absolute Gasteiger partial charge is 0.480 e. The Bertz CT molecular complexity index is 936. The molecule has 0 bridgehead atoms. The Hall–Kier alpha value is -2.39. The Labute approximate surface area is 155 Å². The molecule has 0 aliphatic carbocycles. The zero-order valence-corrected chi connectivity index (χ0v) is 15.1. The van der Waals surface area contributed by atoms with Crippen molar-refractivity contribution in [1.29, 1.82) is 0 Å². The van der Waals surface area contributed by atoms with Crippen LogP contribution in [0.15, 0.2) is 35.2 Å². The maximum absolute atomic E-state index is 14.1. The van der Waals surface area contributed by atoms with Gasteiger partial charge in [0.2, 0.25) is 0 Å². The van der Waals surface area contributed by atoms with Gasteiger partial charge in [0.15, 0.2) is 11.6 Å². The molecule has 0 fully saturated rings. The van der Waals surface area contributed by atoms with E-state index in [9.17, 15) is 22.4 Å². The first-order chi connectivity index (χ1) is 12.8. The van der Waals surface area contributed by atoms with Crippen molar-refractivity contribution in [3.8, 4) is 0 Å². The highest BCUT2D eigenvalue weighted by molar-refractivity contribution is 8.13. The fraction of sp³-hybridized carbons (Fsp3) is 0.222. The van der Waals surface area contributed by atoms with Gasteiger partial charge in [-0.15, -0.1) is 0 Å². The number of halogens is 4. The van der Waals surface area contributed by atoms with E-state index in [1.807, 2.05) is 0 Å². The van der Waals surface area contributed by atoms with Gasteiger partial charge >= 0.3 is 5.97 Å². The topological polar surface area (TPSA) is 43.8 Å². The SMILES string of the molecule is C/C=S1\c2cc(F)ccc2N(CC(=O)O)CN1Cc1cc(F)c(F)cc1F. The molecule has 9 heteroatoms. The van der Waals surface area contributed by atoms with Gasteiger partial charge in [0, 0.05) is 23.1 Å². The van der Waals surface area contributed by atoms with Gasteiger partial charge in [-0.05, 0) is 36.6 Å². The van der Waals surface area contributed by atoms with Crippen LogP contribution < -0.4 is 4.90 Å². The van der Waals surface area contributed by atoms with E-state index in [0.717, 1.165) is 6.07 Å². The number of anilines is 1. The first-order valence-electron chi connectivity index (χ1n) is 7.97. The predicted octanol–water partition coefficient (Wildman–Crippen LogP) is 3.97.